The van der Waals surface area contributed by atoms with Crippen molar-refractivity contribution < 1.29 is 14.0 Å². The minimum absolute atomic E-state index is 0.569. The lowest BCUT2D eigenvalue weighted by molar-refractivity contribution is 0.119. The lowest BCUT2D eigenvalue weighted by Gasteiger charge is -2.11. The van der Waals surface area contributed by atoms with E-state index in [1.165, 1.54) is 0 Å². The average molecular weight is 403 g/mol. The standard InChI is InChI=1S/C22H34N4O3/c1-5-20-19(21(6-2)29-26-20)15-25-22(23-7-3)24-13-8-14-28-16-17-9-11-18(27-4)12-10-17/h9-12H,5-8,13-16H2,1-4H3,(H2,23,24,25). The Morgan fingerprint density at radius 2 is 1.90 bits per heavy atom. The number of ether oxygens (including phenoxy) is 2. The second kappa shape index (κ2) is 12.8. The van der Waals surface area contributed by atoms with Crippen LogP contribution in [0.2, 0.25) is 0 Å². The molecule has 2 N–H and O–H groups in total. The number of aromatic nitrogens is 1. The zero-order valence-electron chi connectivity index (χ0n) is 18.1. The first-order valence-electron chi connectivity index (χ1n) is 10.4. The second-order valence-corrected chi connectivity index (χ2v) is 6.61. The third kappa shape index (κ3) is 7.42. The Hall–Kier alpha value is -2.54. The van der Waals surface area contributed by atoms with Crippen molar-refractivity contribution >= 4 is 5.96 Å². The molecule has 0 atom stereocenters. The van der Waals surface area contributed by atoms with Crippen molar-refractivity contribution in [2.45, 2.75) is 53.2 Å². The predicted molar refractivity (Wildman–Crippen MR) is 115 cm³/mol. The summed E-state index contributed by atoms with van der Waals surface area (Å²) in [5.74, 6) is 2.58. The Morgan fingerprint density at radius 3 is 2.55 bits per heavy atom. The molecule has 0 saturated carbocycles. The van der Waals surface area contributed by atoms with Gasteiger partial charge in [-0.05, 0) is 37.5 Å². The van der Waals surface area contributed by atoms with E-state index in [1.54, 1.807) is 7.11 Å². The quantitative estimate of drug-likeness (QED) is 0.321. The molecule has 0 aliphatic carbocycles. The molecule has 2 aromatic rings. The summed E-state index contributed by atoms with van der Waals surface area (Å²) in [7, 11) is 1.67. The molecule has 0 aliphatic rings. The number of benzene rings is 1. The van der Waals surface area contributed by atoms with Crippen LogP contribution in [-0.2, 0) is 30.7 Å². The van der Waals surface area contributed by atoms with Gasteiger partial charge in [-0.25, -0.2) is 4.99 Å². The van der Waals surface area contributed by atoms with Crippen molar-refractivity contribution in [2.24, 2.45) is 4.99 Å². The lowest BCUT2D eigenvalue weighted by Crippen LogP contribution is -2.38. The van der Waals surface area contributed by atoms with E-state index in [-0.39, 0.29) is 0 Å². The Balaban J connectivity index is 1.74. The minimum atomic E-state index is 0.569. The van der Waals surface area contributed by atoms with Crippen molar-refractivity contribution in [3.8, 4) is 5.75 Å². The third-order valence-corrected chi connectivity index (χ3v) is 4.53. The van der Waals surface area contributed by atoms with Gasteiger partial charge in [0, 0.05) is 31.7 Å². The van der Waals surface area contributed by atoms with Gasteiger partial charge in [-0.3, -0.25) is 0 Å². The first-order valence-corrected chi connectivity index (χ1v) is 10.4. The fourth-order valence-electron chi connectivity index (χ4n) is 2.91. The highest BCUT2D eigenvalue weighted by Crippen LogP contribution is 2.16. The van der Waals surface area contributed by atoms with Crippen molar-refractivity contribution in [3.05, 3.63) is 46.8 Å². The van der Waals surface area contributed by atoms with Crippen LogP contribution in [0, 0.1) is 0 Å². The summed E-state index contributed by atoms with van der Waals surface area (Å²) >= 11 is 0. The van der Waals surface area contributed by atoms with Crippen LogP contribution in [0.15, 0.2) is 33.8 Å². The van der Waals surface area contributed by atoms with Gasteiger partial charge in [0.2, 0.25) is 0 Å². The molecule has 0 radical (unpaired) electrons. The van der Waals surface area contributed by atoms with Gasteiger partial charge in [-0.2, -0.15) is 0 Å². The number of rotatable bonds is 12. The van der Waals surface area contributed by atoms with Crippen LogP contribution in [0.4, 0.5) is 0 Å². The van der Waals surface area contributed by atoms with Crippen molar-refractivity contribution in [1.82, 2.24) is 15.8 Å². The molecule has 7 nitrogen and oxygen atoms in total. The summed E-state index contributed by atoms with van der Waals surface area (Å²) in [6.07, 6.45) is 2.57. The van der Waals surface area contributed by atoms with Gasteiger partial charge >= 0.3 is 0 Å². The fourth-order valence-corrected chi connectivity index (χ4v) is 2.91. The lowest BCUT2D eigenvalue weighted by atomic mass is 10.1. The molecule has 0 aliphatic heterocycles. The highest BCUT2D eigenvalue weighted by molar-refractivity contribution is 5.79. The second-order valence-electron chi connectivity index (χ2n) is 6.61. The van der Waals surface area contributed by atoms with Crippen LogP contribution < -0.4 is 15.4 Å². The maximum atomic E-state index is 5.75. The van der Waals surface area contributed by atoms with Crippen LogP contribution in [0.5, 0.6) is 5.75 Å². The van der Waals surface area contributed by atoms with E-state index in [9.17, 15) is 0 Å². The molecule has 0 spiro atoms. The van der Waals surface area contributed by atoms with Gasteiger partial charge in [0.15, 0.2) is 5.96 Å². The number of hydrogen-bond acceptors (Lipinski definition) is 5. The number of aliphatic imine (C=N–C) groups is 1. The minimum Gasteiger partial charge on any atom is -0.497 e. The summed E-state index contributed by atoms with van der Waals surface area (Å²) in [5.41, 5.74) is 3.24. The average Bonchev–Trinajstić information content (AvgIpc) is 3.16. The molecule has 0 bridgehead atoms. The zero-order valence-corrected chi connectivity index (χ0v) is 18.1. The van der Waals surface area contributed by atoms with Crippen molar-refractivity contribution in [1.29, 1.82) is 0 Å². The van der Waals surface area contributed by atoms with Gasteiger partial charge in [-0.15, -0.1) is 0 Å². The van der Waals surface area contributed by atoms with Crippen LogP contribution in [-0.4, -0.2) is 37.9 Å². The molecule has 1 aromatic carbocycles. The Bertz CT molecular complexity index is 720. The summed E-state index contributed by atoms with van der Waals surface area (Å²) < 4.78 is 16.3. The third-order valence-electron chi connectivity index (χ3n) is 4.53. The van der Waals surface area contributed by atoms with Crippen LogP contribution >= 0.6 is 0 Å². The normalized spacial score (nSPS) is 11.5. The Kier molecular flexibility index (Phi) is 10.1. The van der Waals surface area contributed by atoms with E-state index in [0.29, 0.717) is 19.8 Å². The van der Waals surface area contributed by atoms with Gasteiger partial charge in [0.25, 0.3) is 0 Å². The molecule has 7 heteroatoms. The monoisotopic (exact) mass is 402 g/mol. The van der Waals surface area contributed by atoms with Crippen molar-refractivity contribution in [2.75, 3.05) is 26.8 Å². The van der Waals surface area contributed by atoms with Crippen molar-refractivity contribution in [3.63, 3.8) is 0 Å². The van der Waals surface area contributed by atoms with Crippen LogP contribution in [0.25, 0.3) is 0 Å². The first-order chi connectivity index (χ1) is 14.2. The Labute approximate surface area is 173 Å². The highest BCUT2D eigenvalue weighted by Gasteiger charge is 2.13. The Morgan fingerprint density at radius 1 is 1.10 bits per heavy atom. The molecule has 0 fully saturated rings. The van der Waals surface area contributed by atoms with Gasteiger partial charge in [0.05, 0.1) is 26.0 Å². The topological polar surface area (TPSA) is 80.9 Å². The largest absolute Gasteiger partial charge is 0.497 e. The van der Waals surface area contributed by atoms with E-state index in [1.807, 2.05) is 24.3 Å². The zero-order chi connectivity index (χ0) is 20.9. The number of hydrogen-bond donors (Lipinski definition) is 2. The van der Waals surface area contributed by atoms with E-state index in [4.69, 9.17) is 19.0 Å². The van der Waals surface area contributed by atoms with E-state index in [2.05, 4.69) is 36.6 Å². The summed E-state index contributed by atoms with van der Waals surface area (Å²) in [6, 6.07) is 7.94. The maximum Gasteiger partial charge on any atom is 0.191 e. The van der Waals surface area contributed by atoms with Crippen LogP contribution in [0.1, 0.15) is 49.8 Å². The van der Waals surface area contributed by atoms with Gasteiger partial charge < -0.3 is 24.6 Å². The molecule has 0 amide bonds. The SMILES string of the molecule is CCNC(=NCc1c(CC)noc1CC)NCCCOCc1ccc(OC)cc1. The summed E-state index contributed by atoms with van der Waals surface area (Å²) in [4.78, 5) is 4.70. The molecule has 0 saturated heterocycles. The van der Waals surface area contributed by atoms with Gasteiger partial charge in [-0.1, -0.05) is 31.1 Å². The molecule has 29 heavy (non-hydrogen) atoms. The number of nitrogens with one attached hydrogen (secondary N) is 2. The van der Waals surface area contributed by atoms with E-state index < -0.39 is 0 Å². The molecule has 1 aromatic heterocycles. The maximum absolute atomic E-state index is 5.75. The van der Waals surface area contributed by atoms with E-state index in [0.717, 1.165) is 66.6 Å². The fraction of sp³-hybridized carbons (Fsp3) is 0.545. The molecule has 1 heterocycles. The first kappa shape index (κ1) is 22.7. The van der Waals surface area contributed by atoms with Crippen LogP contribution in [0.3, 0.4) is 0 Å². The number of aryl methyl sites for hydroxylation is 2. The van der Waals surface area contributed by atoms with Gasteiger partial charge in [0.1, 0.15) is 11.5 Å². The highest BCUT2D eigenvalue weighted by atomic mass is 16.5. The summed E-state index contributed by atoms with van der Waals surface area (Å²) in [6.45, 7) is 9.67. The number of nitrogens with zero attached hydrogens (tertiary/aromatic N) is 2. The molecule has 0 unspecified atom stereocenters. The molecular weight excluding hydrogens is 368 g/mol. The summed E-state index contributed by atoms with van der Waals surface area (Å²) in [5, 5.41) is 10.8. The number of methoxy groups -OCH3 is 1. The predicted octanol–water partition coefficient (Wildman–Crippen LogP) is 3.47. The molecule has 160 valence electrons. The molecular formula is C22H34N4O3. The van der Waals surface area contributed by atoms with E-state index >= 15 is 0 Å². The smallest absolute Gasteiger partial charge is 0.191 e. The molecule has 2 rings (SSSR count). The number of guanidine groups is 1.